The number of carbonyl (C=O) groups excluding carboxylic acids is 3. The molecule has 8 heteroatoms. The number of benzene rings is 1. The molecular weight excluding hydrogens is 362 g/mol. The van der Waals surface area contributed by atoms with Crippen LogP contribution in [0, 0.1) is 0 Å². The molecule has 0 spiro atoms. The number of rotatable bonds is 4. The molecule has 0 saturated carbocycles. The van der Waals surface area contributed by atoms with Crippen LogP contribution in [0.25, 0.3) is 10.1 Å². The van der Waals surface area contributed by atoms with E-state index in [0.717, 1.165) is 10.1 Å². The summed E-state index contributed by atoms with van der Waals surface area (Å²) in [5.74, 6) is -0.505. The minimum absolute atomic E-state index is 0.274. The number of amides is 1. The third kappa shape index (κ3) is 4.13. The Morgan fingerprint density at radius 3 is 2.84 bits per heavy atom. The lowest BCUT2D eigenvalue weighted by atomic mass is 10.2. The molecule has 1 aliphatic heterocycles. The molecule has 25 heavy (non-hydrogen) atoms. The fourth-order valence-electron chi connectivity index (χ4n) is 2.52. The van der Waals surface area contributed by atoms with Crippen LogP contribution >= 0.6 is 23.1 Å². The molecule has 6 nitrogen and oxygen atoms in total. The van der Waals surface area contributed by atoms with E-state index in [9.17, 15) is 14.4 Å². The summed E-state index contributed by atoms with van der Waals surface area (Å²) in [5.41, 5.74) is 0. The van der Waals surface area contributed by atoms with Crippen LogP contribution in [-0.4, -0.2) is 60.6 Å². The van der Waals surface area contributed by atoms with E-state index in [4.69, 9.17) is 9.47 Å². The van der Waals surface area contributed by atoms with Crippen molar-refractivity contribution in [3.05, 3.63) is 35.2 Å². The van der Waals surface area contributed by atoms with Gasteiger partial charge in [0.1, 0.15) is 10.1 Å². The number of carbonyl (C=O) groups is 3. The summed E-state index contributed by atoms with van der Waals surface area (Å²) < 4.78 is 10.9. The molecule has 1 atom stereocenters. The third-order valence-electron chi connectivity index (χ3n) is 3.84. The standard InChI is InChI=1S/C17H17NO5S2/c1-22-16(20)14-9-18(6-7-24-14)15(19)10-23-17(21)13-8-11-4-2-3-5-12(11)25-13/h2-5,8,14H,6-7,9-10H2,1H3/t14-/m0/s1. The number of esters is 2. The van der Waals surface area contributed by atoms with Gasteiger partial charge in [0, 0.05) is 23.5 Å². The average molecular weight is 379 g/mol. The van der Waals surface area contributed by atoms with Gasteiger partial charge >= 0.3 is 11.9 Å². The molecule has 1 saturated heterocycles. The third-order valence-corrected chi connectivity index (χ3v) is 6.09. The number of hydrogen-bond acceptors (Lipinski definition) is 7. The number of nitrogens with zero attached hydrogens (tertiary/aromatic N) is 1. The highest BCUT2D eigenvalue weighted by Gasteiger charge is 2.30. The Kier molecular flexibility index (Phi) is 5.60. The van der Waals surface area contributed by atoms with Gasteiger partial charge in [0.2, 0.25) is 0 Å². The number of ether oxygens (including phenoxy) is 2. The highest BCUT2D eigenvalue weighted by Crippen LogP contribution is 2.26. The molecule has 3 rings (SSSR count). The fourth-order valence-corrected chi connectivity index (χ4v) is 4.61. The minimum atomic E-state index is -0.509. The van der Waals surface area contributed by atoms with E-state index in [1.807, 2.05) is 24.3 Å². The Morgan fingerprint density at radius 2 is 2.08 bits per heavy atom. The molecule has 0 bridgehead atoms. The van der Waals surface area contributed by atoms with Gasteiger partial charge in [-0.2, -0.15) is 0 Å². The van der Waals surface area contributed by atoms with Gasteiger partial charge in [0.15, 0.2) is 6.61 Å². The summed E-state index contributed by atoms with van der Waals surface area (Å²) in [7, 11) is 1.33. The summed E-state index contributed by atoms with van der Waals surface area (Å²) in [6.45, 7) is 0.472. The minimum Gasteiger partial charge on any atom is -0.468 e. The number of fused-ring (bicyclic) bond motifs is 1. The molecule has 1 aliphatic rings. The topological polar surface area (TPSA) is 72.9 Å². The first-order valence-electron chi connectivity index (χ1n) is 7.71. The summed E-state index contributed by atoms with van der Waals surface area (Å²) in [6.07, 6.45) is 0. The Bertz CT molecular complexity index is 770. The predicted octanol–water partition coefficient (Wildman–Crippen LogP) is 2.18. The molecule has 2 aromatic rings. The first-order chi connectivity index (χ1) is 12.1. The van der Waals surface area contributed by atoms with E-state index in [2.05, 4.69) is 0 Å². The van der Waals surface area contributed by atoms with Crippen LogP contribution in [-0.2, 0) is 19.1 Å². The van der Waals surface area contributed by atoms with Crippen LogP contribution in [0.15, 0.2) is 30.3 Å². The fraction of sp³-hybridized carbons (Fsp3) is 0.353. The molecular formula is C17H17NO5S2. The van der Waals surface area contributed by atoms with Crippen LogP contribution in [0.2, 0.25) is 0 Å². The van der Waals surface area contributed by atoms with Crippen molar-refractivity contribution in [3.8, 4) is 0 Å². The maximum absolute atomic E-state index is 12.3. The first-order valence-corrected chi connectivity index (χ1v) is 9.58. The van der Waals surface area contributed by atoms with Crippen molar-refractivity contribution in [1.82, 2.24) is 4.90 Å². The highest BCUT2D eigenvalue weighted by atomic mass is 32.2. The lowest BCUT2D eigenvalue weighted by molar-refractivity contribution is -0.141. The van der Waals surface area contributed by atoms with E-state index in [1.54, 1.807) is 6.07 Å². The highest BCUT2D eigenvalue weighted by molar-refractivity contribution is 8.00. The van der Waals surface area contributed by atoms with Gasteiger partial charge < -0.3 is 14.4 Å². The van der Waals surface area contributed by atoms with Crippen LogP contribution in [0.3, 0.4) is 0 Å². The van der Waals surface area contributed by atoms with Crippen LogP contribution < -0.4 is 0 Å². The first kappa shape index (κ1) is 17.8. The second-order valence-corrected chi connectivity index (χ2v) is 7.84. The van der Waals surface area contributed by atoms with Crippen LogP contribution in [0.1, 0.15) is 9.67 Å². The van der Waals surface area contributed by atoms with Crippen molar-refractivity contribution < 1.29 is 23.9 Å². The van der Waals surface area contributed by atoms with Crippen molar-refractivity contribution in [2.45, 2.75) is 5.25 Å². The summed E-state index contributed by atoms with van der Waals surface area (Å²) >= 11 is 2.80. The largest absolute Gasteiger partial charge is 0.468 e. The van der Waals surface area contributed by atoms with Crippen molar-refractivity contribution in [3.63, 3.8) is 0 Å². The molecule has 132 valence electrons. The van der Waals surface area contributed by atoms with E-state index in [0.29, 0.717) is 17.2 Å². The SMILES string of the molecule is COC(=O)[C@@H]1CN(C(=O)COC(=O)c2cc3ccccc3s2)CCS1. The van der Waals surface area contributed by atoms with Crippen molar-refractivity contribution in [2.24, 2.45) is 0 Å². The maximum atomic E-state index is 12.3. The Morgan fingerprint density at radius 1 is 1.28 bits per heavy atom. The van der Waals surface area contributed by atoms with Gasteiger partial charge in [-0.1, -0.05) is 18.2 Å². The second kappa shape index (κ2) is 7.88. The molecule has 0 radical (unpaired) electrons. The Balaban J connectivity index is 1.56. The normalized spacial score (nSPS) is 17.3. The summed E-state index contributed by atoms with van der Waals surface area (Å²) in [4.78, 5) is 38.0. The zero-order valence-electron chi connectivity index (χ0n) is 13.6. The molecule has 0 N–H and O–H groups in total. The zero-order chi connectivity index (χ0) is 17.8. The van der Waals surface area contributed by atoms with Crippen LogP contribution in [0.5, 0.6) is 0 Å². The average Bonchev–Trinajstić information content (AvgIpc) is 3.09. The van der Waals surface area contributed by atoms with Crippen LogP contribution in [0.4, 0.5) is 0 Å². The van der Waals surface area contributed by atoms with E-state index >= 15 is 0 Å². The summed E-state index contributed by atoms with van der Waals surface area (Å²) in [6, 6.07) is 9.42. The van der Waals surface area contributed by atoms with Crippen molar-refractivity contribution in [1.29, 1.82) is 0 Å². The molecule has 0 aliphatic carbocycles. The summed E-state index contributed by atoms with van der Waals surface area (Å²) in [5, 5.41) is 0.584. The van der Waals surface area contributed by atoms with Gasteiger partial charge in [-0.05, 0) is 17.5 Å². The molecule has 1 amide bonds. The van der Waals surface area contributed by atoms with Gasteiger partial charge in [-0.25, -0.2) is 4.79 Å². The molecule has 2 heterocycles. The van der Waals surface area contributed by atoms with Gasteiger partial charge in [-0.3, -0.25) is 9.59 Å². The lowest BCUT2D eigenvalue weighted by Crippen LogP contribution is -2.46. The van der Waals surface area contributed by atoms with Gasteiger partial charge in [0.25, 0.3) is 5.91 Å². The smallest absolute Gasteiger partial charge is 0.348 e. The Hall–Kier alpha value is -2.06. The Labute approximate surface area is 153 Å². The zero-order valence-corrected chi connectivity index (χ0v) is 15.2. The van der Waals surface area contributed by atoms with E-state index < -0.39 is 5.97 Å². The predicted molar refractivity (Wildman–Crippen MR) is 96.9 cm³/mol. The lowest BCUT2D eigenvalue weighted by Gasteiger charge is -2.30. The molecule has 1 aromatic carbocycles. The number of thiophene rings is 1. The quantitative estimate of drug-likeness (QED) is 0.758. The van der Waals surface area contributed by atoms with Gasteiger partial charge in [0.05, 0.1) is 7.11 Å². The van der Waals surface area contributed by atoms with Crippen molar-refractivity contribution >= 4 is 51.0 Å². The monoisotopic (exact) mass is 379 g/mol. The molecule has 1 aromatic heterocycles. The molecule has 0 unspecified atom stereocenters. The number of thioether (sulfide) groups is 1. The number of hydrogen-bond donors (Lipinski definition) is 0. The van der Waals surface area contributed by atoms with E-state index in [-0.39, 0.29) is 30.3 Å². The maximum Gasteiger partial charge on any atom is 0.348 e. The second-order valence-electron chi connectivity index (χ2n) is 5.45. The molecule has 1 fully saturated rings. The van der Waals surface area contributed by atoms with Crippen molar-refractivity contribution in [2.75, 3.05) is 32.6 Å². The van der Waals surface area contributed by atoms with E-state index in [1.165, 1.54) is 35.1 Å². The van der Waals surface area contributed by atoms with Gasteiger partial charge in [-0.15, -0.1) is 23.1 Å². The number of methoxy groups -OCH3 is 1.